The van der Waals surface area contributed by atoms with Crippen LogP contribution in [0.3, 0.4) is 0 Å². The van der Waals surface area contributed by atoms with Gasteiger partial charge in [-0.25, -0.2) is 0 Å². The van der Waals surface area contributed by atoms with Crippen LogP contribution < -0.4 is 5.32 Å². The van der Waals surface area contributed by atoms with E-state index >= 15 is 0 Å². The normalized spacial score (nSPS) is 16.4. The topological polar surface area (TPSA) is 97.9 Å². The van der Waals surface area contributed by atoms with Gasteiger partial charge in [0.1, 0.15) is 0 Å². The summed E-state index contributed by atoms with van der Waals surface area (Å²) in [7, 11) is -3.67. The highest BCUT2D eigenvalue weighted by Crippen LogP contribution is 2.30. The van der Waals surface area contributed by atoms with E-state index in [0.29, 0.717) is 18.8 Å². The molecule has 0 saturated carbocycles. The van der Waals surface area contributed by atoms with Gasteiger partial charge < -0.3 is 5.48 Å². The van der Waals surface area contributed by atoms with Crippen molar-refractivity contribution < 1.29 is 18.4 Å². The summed E-state index contributed by atoms with van der Waals surface area (Å²) < 4.78 is 25.9. The second-order valence-corrected chi connectivity index (χ2v) is 5.57. The maximum Gasteiger partial charge on any atom is 0.261 e. The SMILES string of the molecule is C#CCN[C@@H]1CCc2ccccc21.CS(=O)(=O)O.O. The van der Waals surface area contributed by atoms with Crippen LogP contribution in [0, 0.1) is 12.3 Å². The predicted molar refractivity (Wildman–Crippen MR) is 75.4 cm³/mol. The van der Waals surface area contributed by atoms with Gasteiger partial charge in [0.15, 0.2) is 0 Å². The molecule has 5 nitrogen and oxygen atoms in total. The van der Waals surface area contributed by atoms with Gasteiger partial charge in [0, 0.05) is 6.04 Å². The molecule has 0 heterocycles. The van der Waals surface area contributed by atoms with Gasteiger partial charge in [-0.2, -0.15) is 8.42 Å². The maximum absolute atomic E-state index is 9.19. The van der Waals surface area contributed by atoms with Crippen LogP contribution in [0.1, 0.15) is 23.6 Å². The molecule has 1 aliphatic carbocycles. The van der Waals surface area contributed by atoms with Crippen molar-refractivity contribution in [3.63, 3.8) is 0 Å². The maximum atomic E-state index is 9.19. The van der Waals surface area contributed by atoms with E-state index in [-0.39, 0.29) is 5.48 Å². The van der Waals surface area contributed by atoms with E-state index in [0.717, 1.165) is 0 Å². The van der Waals surface area contributed by atoms with Crippen molar-refractivity contribution in [2.45, 2.75) is 18.9 Å². The van der Waals surface area contributed by atoms with Gasteiger partial charge in [0.2, 0.25) is 0 Å². The Morgan fingerprint density at radius 2 is 2.05 bits per heavy atom. The summed E-state index contributed by atoms with van der Waals surface area (Å²) in [6, 6.07) is 9.06. The number of hydrogen-bond donors (Lipinski definition) is 2. The highest BCUT2D eigenvalue weighted by atomic mass is 32.2. The smallest absolute Gasteiger partial charge is 0.261 e. The molecule has 2 rings (SSSR count). The highest BCUT2D eigenvalue weighted by molar-refractivity contribution is 7.85. The third-order valence-corrected chi connectivity index (χ3v) is 2.58. The van der Waals surface area contributed by atoms with E-state index < -0.39 is 10.1 Å². The minimum absolute atomic E-state index is 0. The van der Waals surface area contributed by atoms with Crippen LogP contribution in [0.5, 0.6) is 0 Å². The van der Waals surface area contributed by atoms with Crippen molar-refractivity contribution >= 4 is 10.1 Å². The average molecular weight is 285 g/mol. The van der Waals surface area contributed by atoms with Gasteiger partial charge in [-0.1, -0.05) is 30.2 Å². The largest absolute Gasteiger partial charge is 0.412 e. The second kappa shape index (κ2) is 7.92. The van der Waals surface area contributed by atoms with Crippen molar-refractivity contribution in [3.05, 3.63) is 35.4 Å². The number of fused-ring (bicyclic) bond motifs is 1. The standard InChI is InChI=1S/C12H13N.CH4O3S.H2O/c1-2-9-13-12-8-7-10-5-3-4-6-11(10)12;1-5(2,3)4;/h1,3-6,12-13H,7-9H2;1H3,(H,2,3,4);1H2/t12-;;/m1../s1. The third-order valence-electron chi connectivity index (χ3n) is 2.58. The van der Waals surface area contributed by atoms with Crippen molar-refractivity contribution in [2.24, 2.45) is 0 Å². The van der Waals surface area contributed by atoms with Gasteiger partial charge in [0.25, 0.3) is 10.1 Å². The Labute approximate surface area is 114 Å². The zero-order valence-electron chi connectivity index (χ0n) is 10.8. The summed E-state index contributed by atoms with van der Waals surface area (Å²) in [5.74, 6) is 2.61. The van der Waals surface area contributed by atoms with Crippen molar-refractivity contribution in [1.82, 2.24) is 5.32 Å². The first-order chi connectivity index (χ1) is 8.42. The van der Waals surface area contributed by atoms with Gasteiger partial charge in [-0.15, -0.1) is 6.42 Å². The summed E-state index contributed by atoms with van der Waals surface area (Å²) in [5.41, 5.74) is 2.90. The molecular weight excluding hydrogens is 266 g/mol. The molecule has 0 aromatic heterocycles. The zero-order chi connectivity index (χ0) is 13.6. The molecule has 0 bridgehead atoms. The molecular formula is C13H19NO4S. The van der Waals surface area contributed by atoms with Crippen LogP contribution >= 0.6 is 0 Å². The molecule has 1 aromatic rings. The number of nitrogens with one attached hydrogen (secondary N) is 1. The first-order valence-electron chi connectivity index (χ1n) is 5.59. The Morgan fingerprint density at radius 3 is 2.63 bits per heavy atom. The number of aryl methyl sites for hydroxylation is 1. The molecule has 1 aliphatic rings. The van der Waals surface area contributed by atoms with Crippen molar-refractivity contribution in [2.75, 3.05) is 12.8 Å². The Bertz CT molecular complexity index is 526. The molecule has 0 fully saturated rings. The molecule has 0 aliphatic heterocycles. The molecule has 19 heavy (non-hydrogen) atoms. The molecule has 0 unspecified atom stereocenters. The minimum atomic E-state index is -3.67. The van der Waals surface area contributed by atoms with E-state index in [1.54, 1.807) is 0 Å². The predicted octanol–water partition coefficient (Wildman–Crippen LogP) is 0.576. The summed E-state index contributed by atoms with van der Waals surface area (Å²) in [4.78, 5) is 0. The van der Waals surface area contributed by atoms with E-state index in [1.807, 2.05) is 0 Å². The van der Waals surface area contributed by atoms with Gasteiger partial charge >= 0.3 is 0 Å². The first kappa shape index (κ1) is 17.6. The molecule has 0 spiro atoms. The highest BCUT2D eigenvalue weighted by Gasteiger charge is 2.20. The molecule has 4 N–H and O–H groups in total. The second-order valence-electron chi connectivity index (χ2n) is 4.11. The first-order valence-corrected chi connectivity index (χ1v) is 7.43. The summed E-state index contributed by atoms with van der Waals surface area (Å²) in [6.45, 7) is 0.666. The Morgan fingerprint density at radius 1 is 1.47 bits per heavy atom. The molecule has 1 atom stereocenters. The molecule has 0 saturated heterocycles. The molecule has 106 valence electrons. The number of rotatable bonds is 2. The van der Waals surface area contributed by atoms with Gasteiger partial charge in [-0.3, -0.25) is 9.87 Å². The lowest BCUT2D eigenvalue weighted by Gasteiger charge is -2.10. The van der Waals surface area contributed by atoms with Crippen LogP contribution in [-0.4, -0.2) is 31.2 Å². The summed E-state index contributed by atoms with van der Waals surface area (Å²) in [6.07, 6.45) is 8.29. The fourth-order valence-electron chi connectivity index (χ4n) is 1.95. The average Bonchev–Trinajstić information content (AvgIpc) is 2.67. The molecule has 0 amide bonds. The van der Waals surface area contributed by atoms with Crippen LogP contribution in [0.15, 0.2) is 24.3 Å². The number of terminal acetylenes is 1. The van der Waals surface area contributed by atoms with Crippen LogP contribution in [-0.2, 0) is 16.5 Å². The molecule has 0 radical (unpaired) electrons. The zero-order valence-corrected chi connectivity index (χ0v) is 11.6. The third kappa shape index (κ3) is 6.94. The van der Waals surface area contributed by atoms with Crippen LogP contribution in [0.2, 0.25) is 0 Å². The Hall–Kier alpha value is -1.39. The van der Waals surface area contributed by atoms with Gasteiger partial charge in [-0.05, 0) is 24.0 Å². The van der Waals surface area contributed by atoms with Crippen molar-refractivity contribution in [3.8, 4) is 12.3 Å². The molecule has 1 aromatic carbocycles. The fourth-order valence-corrected chi connectivity index (χ4v) is 1.95. The van der Waals surface area contributed by atoms with E-state index in [9.17, 15) is 8.42 Å². The van der Waals surface area contributed by atoms with Crippen molar-refractivity contribution in [1.29, 1.82) is 0 Å². The Kier molecular flexibility index (Phi) is 7.34. The quantitative estimate of drug-likeness (QED) is 0.613. The lowest BCUT2D eigenvalue weighted by atomic mass is 10.1. The number of hydrogen-bond acceptors (Lipinski definition) is 3. The number of benzene rings is 1. The van der Waals surface area contributed by atoms with E-state index in [2.05, 4.69) is 35.5 Å². The summed E-state index contributed by atoms with van der Waals surface area (Å²) >= 11 is 0. The van der Waals surface area contributed by atoms with Crippen LogP contribution in [0.4, 0.5) is 0 Å². The monoisotopic (exact) mass is 285 g/mol. The van der Waals surface area contributed by atoms with Gasteiger partial charge in [0.05, 0.1) is 12.8 Å². The lowest BCUT2D eigenvalue weighted by Crippen LogP contribution is -2.19. The van der Waals surface area contributed by atoms with Crippen LogP contribution in [0.25, 0.3) is 0 Å². The van der Waals surface area contributed by atoms with E-state index in [4.69, 9.17) is 11.0 Å². The molecule has 6 heteroatoms. The Balaban J connectivity index is 0.000000471. The lowest BCUT2D eigenvalue weighted by molar-refractivity contribution is 0.490. The summed E-state index contributed by atoms with van der Waals surface area (Å²) in [5, 5.41) is 3.35. The minimum Gasteiger partial charge on any atom is -0.412 e. The van der Waals surface area contributed by atoms with E-state index in [1.165, 1.54) is 24.0 Å². The fraction of sp³-hybridized carbons (Fsp3) is 0.385.